The lowest BCUT2D eigenvalue weighted by Crippen LogP contribution is -2.43. The van der Waals surface area contributed by atoms with Crippen LogP contribution in [0.5, 0.6) is 0 Å². The molecule has 0 aliphatic carbocycles. The van der Waals surface area contributed by atoms with Crippen molar-refractivity contribution in [2.45, 2.75) is 25.0 Å². The highest BCUT2D eigenvalue weighted by Gasteiger charge is 2.61. The molecule has 0 aromatic heterocycles. The predicted octanol–water partition coefficient (Wildman–Crippen LogP) is 2.40. The second-order valence-corrected chi connectivity index (χ2v) is 7.36. The summed E-state index contributed by atoms with van der Waals surface area (Å²) in [4.78, 5) is 29.4. The normalized spacial score (nSPS) is 31.0. The maximum atomic E-state index is 12.9. The van der Waals surface area contributed by atoms with E-state index in [2.05, 4.69) is 41.3 Å². The molecule has 0 spiro atoms. The highest BCUT2D eigenvalue weighted by atomic mass is 16.2. The van der Waals surface area contributed by atoms with Gasteiger partial charge in [-0.2, -0.15) is 0 Å². The average molecular weight is 332 g/mol. The summed E-state index contributed by atoms with van der Waals surface area (Å²) in [6.45, 7) is 0.803. The van der Waals surface area contributed by atoms with Crippen LogP contribution in [0.3, 0.4) is 0 Å². The molecule has 2 aromatic rings. The number of fused-ring (bicyclic) bond motifs is 4. The van der Waals surface area contributed by atoms with E-state index in [1.807, 2.05) is 18.2 Å². The molecule has 5 rings (SSSR count). The highest BCUT2D eigenvalue weighted by Crippen LogP contribution is 2.52. The van der Waals surface area contributed by atoms with Gasteiger partial charge in [-0.25, -0.2) is 0 Å². The highest BCUT2D eigenvalue weighted by molar-refractivity contribution is 6.06. The molecule has 4 atom stereocenters. The fourth-order valence-electron chi connectivity index (χ4n) is 5.06. The molecule has 2 saturated heterocycles. The van der Waals surface area contributed by atoms with Crippen molar-refractivity contribution in [2.75, 3.05) is 7.05 Å². The zero-order chi connectivity index (χ0) is 17.1. The molecule has 25 heavy (non-hydrogen) atoms. The SMILES string of the molecule is CN1C(=O)C2C(C1=O)[C@@H](c1ccccc1)N1Cc3ccccc3C[C@H]21. The summed E-state index contributed by atoms with van der Waals surface area (Å²) in [6, 6.07) is 18.7. The molecule has 4 nitrogen and oxygen atoms in total. The van der Waals surface area contributed by atoms with Gasteiger partial charge in [0.15, 0.2) is 0 Å². The Bertz CT molecular complexity index is 863. The first-order valence-electron chi connectivity index (χ1n) is 8.85. The Balaban J connectivity index is 1.65. The van der Waals surface area contributed by atoms with Crippen molar-refractivity contribution >= 4 is 11.8 Å². The number of imide groups is 1. The van der Waals surface area contributed by atoms with Crippen LogP contribution in [-0.4, -0.2) is 34.7 Å². The number of carbonyl (C=O) groups is 2. The van der Waals surface area contributed by atoms with Crippen molar-refractivity contribution < 1.29 is 9.59 Å². The topological polar surface area (TPSA) is 40.6 Å². The van der Waals surface area contributed by atoms with Crippen LogP contribution in [0.2, 0.25) is 0 Å². The molecule has 0 radical (unpaired) electrons. The number of nitrogens with zero attached hydrogens (tertiary/aromatic N) is 2. The second kappa shape index (κ2) is 5.27. The van der Waals surface area contributed by atoms with Gasteiger partial charge < -0.3 is 0 Å². The van der Waals surface area contributed by atoms with E-state index in [4.69, 9.17) is 0 Å². The van der Waals surface area contributed by atoms with Crippen LogP contribution in [0, 0.1) is 11.8 Å². The Morgan fingerprint density at radius 1 is 0.840 bits per heavy atom. The Morgan fingerprint density at radius 3 is 2.24 bits per heavy atom. The third-order valence-corrected chi connectivity index (χ3v) is 6.20. The van der Waals surface area contributed by atoms with Crippen LogP contribution in [0.25, 0.3) is 0 Å². The van der Waals surface area contributed by atoms with E-state index in [1.54, 1.807) is 7.05 Å². The van der Waals surface area contributed by atoms with Crippen molar-refractivity contribution in [2.24, 2.45) is 11.8 Å². The lowest BCUT2D eigenvalue weighted by molar-refractivity contribution is -0.140. The number of hydrogen-bond donors (Lipinski definition) is 0. The fourth-order valence-corrected chi connectivity index (χ4v) is 5.06. The number of benzene rings is 2. The predicted molar refractivity (Wildman–Crippen MR) is 93.4 cm³/mol. The van der Waals surface area contributed by atoms with Crippen molar-refractivity contribution in [1.82, 2.24) is 9.80 Å². The monoisotopic (exact) mass is 332 g/mol. The Morgan fingerprint density at radius 2 is 1.48 bits per heavy atom. The molecule has 126 valence electrons. The van der Waals surface area contributed by atoms with E-state index in [-0.39, 0.29) is 35.7 Å². The lowest BCUT2D eigenvalue weighted by Gasteiger charge is -2.37. The van der Waals surface area contributed by atoms with Gasteiger partial charge in [0.2, 0.25) is 11.8 Å². The smallest absolute Gasteiger partial charge is 0.234 e. The van der Waals surface area contributed by atoms with E-state index in [1.165, 1.54) is 16.0 Å². The van der Waals surface area contributed by atoms with Gasteiger partial charge in [0, 0.05) is 25.7 Å². The van der Waals surface area contributed by atoms with E-state index in [0.29, 0.717) is 0 Å². The molecule has 2 amide bonds. The molecule has 2 unspecified atom stereocenters. The molecule has 2 aromatic carbocycles. The maximum Gasteiger partial charge on any atom is 0.234 e. The largest absolute Gasteiger partial charge is 0.287 e. The van der Waals surface area contributed by atoms with Crippen molar-refractivity contribution in [3.63, 3.8) is 0 Å². The Kier molecular flexibility index (Phi) is 3.13. The number of carbonyl (C=O) groups excluding carboxylic acids is 2. The van der Waals surface area contributed by atoms with Gasteiger partial charge in [-0.1, -0.05) is 54.6 Å². The van der Waals surface area contributed by atoms with Gasteiger partial charge in [-0.15, -0.1) is 0 Å². The quantitative estimate of drug-likeness (QED) is 0.753. The van der Waals surface area contributed by atoms with E-state index in [0.717, 1.165) is 18.5 Å². The van der Waals surface area contributed by atoms with Crippen molar-refractivity contribution in [1.29, 1.82) is 0 Å². The molecule has 3 aliphatic heterocycles. The van der Waals surface area contributed by atoms with Crippen LogP contribution in [0.15, 0.2) is 54.6 Å². The molecule has 2 fully saturated rings. The van der Waals surface area contributed by atoms with Gasteiger partial charge in [-0.05, 0) is 23.1 Å². The molecule has 3 aliphatic rings. The van der Waals surface area contributed by atoms with Gasteiger partial charge in [0.25, 0.3) is 0 Å². The summed E-state index contributed by atoms with van der Waals surface area (Å²) in [5.41, 5.74) is 3.76. The van der Waals surface area contributed by atoms with E-state index < -0.39 is 0 Å². The van der Waals surface area contributed by atoms with Crippen LogP contribution in [-0.2, 0) is 22.6 Å². The summed E-state index contributed by atoms with van der Waals surface area (Å²) in [5.74, 6) is -0.527. The summed E-state index contributed by atoms with van der Waals surface area (Å²) < 4.78 is 0. The standard InChI is InChI=1S/C21H20N2O2/c1-22-20(24)17-16-11-14-9-5-6-10-15(14)12-23(16)19(18(17)21(22)25)13-7-3-2-4-8-13/h2-10,16-19H,11-12H2,1H3/t16-,17?,18?,19-/m1/s1. The first-order valence-corrected chi connectivity index (χ1v) is 8.85. The Labute approximate surface area is 147 Å². The molecule has 3 heterocycles. The molecule has 4 heteroatoms. The van der Waals surface area contributed by atoms with Gasteiger partial charge in [-0.3, -0.25) is 19.4 Å². The molecular formula is C21H20N2O2. The fraction of sp³-hybridized carbons (Fsp3) is 0.333. The number of likely N-dealkylation sites (tertiary alicyclic amines) is 1. The summed E-state index contributed by atoms with van der Waals surface area (Å²) >= 11 is 0. The minimum atomic E-state index is -0.265. The lowest BCUT2D eigenvalue weighted by atomic mass is 9.84. The van der Waals surface area contributed by atoms with Crippen LogP contribution in [0.1, 0.15) is 22.7 Å². The summed E-state index contributed by atoms with van der Waals surface area (Å²) in [7, 11) is 1.63. The van der Waals surface area contributed by atoms with Crippen LogP contribution in [0.4, 0.5) is 0 Å². The minimum absolute atomic E-state index is 0.0113. The van der Waals surface area contributed by atoms with Gasteiger partial charge in [0.1, 0.15) is 0 Å². The molecular weight excluding hydrogens is 312 g/mol. The zero-order valence-electron chi connectivity index (χ0n) is 14.1. The number of amides is 2. The van der Waals surface area contributed by atoms with Crippen molar-refractivity contribution in [3.8, 4) is 0 Å². The number of hydrogen-bond acceptors (Lipinski definition) is 3. The second-order valence-electron chi connectivity index (χ2n) is 7.36. The zero-order valence-corrected chi connectivity index (χ0v) is 14.1. The number of rotatable bonds is 1. The molecule has 0 saturated carbocycles. The molecule has 0 N–H and O–H groups in total. The first kappa shape index (κ1) is 14.8. The van der Waals surface area contributed by atoms with Crippen molar-refractivity contribution in [3.05, 3.63) is 71.3 Å². The van der Waals surface area contributed by atoms with Gasteiger partial charge >= 0.3 is 0 Å². The van der Waals surface area contributed by atoms with E-state index in [9.17, 15) is 9.59 Å². The first-order chi connectivity index (χ1) is 12.2. The third-order valence-electron chi connectivity index (χ3n) is 6.20. The van der Waals surface area contributed by atoms with Crippen LogP contribution >= 0.6 is 0 Å². The third kappa shape index (κ3) is 1.97. The van der Waals surface area contributed by atoms with E-state index >= 15 is 0 Å². The summed E-state index contributed by atoms with van der Waals surface area (Å²) in [5, 5.41) is 0. The van der Waals surface area contributed by atoms with Crippen LogP contribution < -0.4 is 0 Å². The minimum Gasteiger partial charge on any atom is -0.287 e. The average Bonchev–Trinajstić information content (AvgIpc) is 3.09. The summed E-state index contributed by atoms with van der Waals surface area (Å²) in [6.07, 6.45) is 0.841. The Hall–Kier alpha value is -2.46. The molecule has 0 bridgehead atoms. The van der Waals surface area contributed by atoms with Gasteiger partial charge in [0.05, 0.1) is 11.8 Å². The maximum absolute atomic E-state index is 12.9.